The van der Waals surface area contributed by atoms with E-state index in [4.69, 9.17) is 18.5 Å². The average molecular weight is 350 g/mol. The van der Waals surface area contributed by atoms with E-state index in [0.717, 1.165) is 12.2 Å². The number of hydrogen-bond acceptors (Lipinski definition) is 7. The topological polar surface area (TPSA) is 108 Å². The zero-order valence-electron chi connectivity index (χ0n) is 13.6. The van der Waals surface area contributed by atoms with E-state index in [-0.39, 0.29) is 12.8 Å². The number of esters is 2. The van der Waals surface area contributed by atoms with Crippen LogP contribution < -0.4 is 0 Å². The number of phosphoric acid groups is 1. The van der Waals surface area contributed by atoms with Gasteiger partial charge in [0.25, 0.3) is 0 Å². The highest BCUT2D eigenvalue weighted by Crippen LogP contribution is 2.47. The van der Waals surface area contributed by atoms with E-state index < -0.39 is 32.3 Å². The molecule has 2 atom stereocenters. The Bertz CT molecular complexity index is 445. The molecule has 0 fully saturated rings. The Morgan fingerprint density at radius 3 is 1.57 bits per heavy atom. The lowest BCUT2D eigenvalue weighted by Crippen LogP contribution is -2.23. The van der Waals surface area contributed by atoms with Crippen LogP contribution in [0.1, 0.15) is 40.5 Å². The van der Waals surface area contributed by atoms with E-state index in [9.17, 15) is 19.0 Å². The molecule has 0 aliphatic rings. The lowest BCUT2D eigenvalue weighted by atomic mass is 10.5. The number of hydrogen-bond donors (Lipinski definition) is 1. The first-order chi connectivity index (χ1) is 10.8. The van der Waals surface area contributed by atoms with Crippen molar-refractivity contribution in [2.75, 3.05) is 0 Å². The summed E-state index contributed by atoms with van der Waals surface area (Å²) in [5.74, 6) is -1.43. The Morgan fingerprint density at radius 2 is 1.30 bits per heavy atom. The lowest BCUT2D eigenvalue weighted by Gasteiger charge is -2.22. The molecule has 0 saturated carbocycles. The minimum Gasteiger partial charge on any atom is -0.432 e. The third-order valence-corrected chi connectivity index (χ3v) is 3.27. The lowest BCUT2D eigenvalue weighted by molar-refractivity contribution is -0.167. The first-order valence-electron chi connectivity index (χ1n) is 7.14. The molecule has 23 heavy (non-hydrogen) atoms. The number of ether oxygens (including phenoxy) is 2. The quantitative estimate of drug-likeness (QED) is 0.277. The summed E-state index contributed by atoms with van der Waals surface area (Å²) >= 11 is 0. The Balaban J connectivity index is 4.71. The second-order valence-corrected chi connectivity index (χ2v) is 5.59. The van der Waals surface area contributed by atoms with Crippen molar-refractivity contribution in [1.82, 2.24) is 0 Å². The molecule has 0 amide bonds. The van der Waals surface area contributed by atoms with E-state index in [2.05, 4.69) is 0 Å². The van der Waals surface area contributed by atoms with Gasteiger partial charge in [0.1, 0.15) is 0 Å². The molecule has 0 aromatic carbocycles. The molecule has 0 heterocycles. The van der Waals surface area contributed by atoms with E-state index in [1.807, 2.05) is 0 Å². The van der Waals surface area contributed by atoms with Crippen LogP contribution in [0, 0.1) is 0 Å². The van der Waals surface area contributed by atoms with E-state index >= 15 is 0 Å². The fraction of sp³-hybridized carbons (Fsp3) is 0.571. The van der Waals surface area contributed by atoms with Gasteiger partial charge in [-0.25, -0.2) is 23.2 Å². The maximum Gasteiger partial charge on any atom is 0.478 e. The number of carbonyl (C=O) groups is 2. The highest BCUT2D eigenvalue weighted by atomic mass is 31.2. The van der Waals surface area contributed by atoms with Crippen LogP contribution in [0.2, 0.25) is 0 Å². The van der Waals surface area contributed by atoms with Gasteiger partial charge < -0.3 is 14.4 Å². The van der Waals surface area contributed by atoms with Gasteiger partial charge >= 0.3 is 19.8 Å². The zero-order chi connectivity index (χ0) is 17.9. The molecule has 0 bridgehead atoms. The summed E-state index contributed by atoms with van der Waals surface area (Å²) in [6.45, 7) is 6.43. The molecular weight excluding hydrogens is 327 g/mol. The fourth-order valence-corrected chi connectivity index (χ4v) is 2.32. The molecule has 0 radical (unpaired) electrons. The van der Waals surface area contributed by atoms with Crippen molar-refractivity contribution >= 4 is 19.8 Å². The molecule has 0 aromatic heterocycles. The third-order valence-electron chi connectivity index (χ3n) is 2.27. The van der Waals surface area contributed by atoms with Gasteiger partial charge in [-0.2, -0.15) is 0 Å². The predicted octanol–water partition coefficient (Wildman–Crippen LogP) is 2.83. The Labute approximate surface area is 135 Å². The number of rotatable bonds is 10. The Morgan fingerprint density at radius 1 is 0.957 bits per heavy atom. The zero-order valence-corrected chi connectivity index (χ0v) is 14.5. The molecule has 132 valence electrons. The minimum absolute atomic E-state index is 0.131. The highest BCUT2D eigenvalue weighted by molar-refractivity contribution is 7.47. The summed E-state index contributed by atoms with van der Waals surface area (Å²) < 4.78 is 31.1. The summed E-state index contributed by atoms with van der Waals surface area (Å²) in [5.41, 5.74) is 0. The molecule has 8 nitrogen and oxygen atoms in total. The van der Waals surface area contributed by atoms with Crippen molar-refractivity contribution in [2.24, 2.45) is 0 Å². The first-order valence-corrected chi connectivity index (χ1v) is 8.63. The van der Waals surface area contributed by atoms with Crippen molar-refractivity contribution in [3.05, 3.63) is 24.3 Å². The van der Waals surface area contributed by atoms with Crippen LogP contribution in [-0.4, -0.2) is 29.4 Å². The summed E-state index contributed by atoms with van der Waals surface area (Å²) in [6, 6.07) is 0. The van der Waals surface area contributed by atoms with Crippen LogP contribution in [0.25, 0.3) is 0 Å². The van der Waals surface area contributed by atoms with Crippen molar-refractivity contribution < 1.29 is 37.6 Å². The number of phosphoric ester groups is 1. The van der Waals surface area contributed by atoms with Gasteiger partial charge in [-0.15, -0.1) is 0 Å². The van der Waals surface area contributed by atoms with Crippen LogP contribution in [-0.2, 0) is 32.7 Å². The van der Waals surface area contributed by atoms with Crippen molar-refractivity contribution in [1.29, 1.82) is 0 Å². The Hall–Kier alpha value is -1.47. The summed E-state index contributed by atoms with van der Waals surface area (Å²) in [5, 5.41) is 0. The maximum absolute atomic E-state index is 11.9. The molecule has 2 unspecified atom stereocenters. The largest absolute Gasteiger partial charge is 0.478 e. The van der Waals surface area contributed by atoms with Crippen LogP contribution >= 0.6 is 7.82 Å². The molecule has 0 aromatic rings. The normalized spacial score (nSPS) is 16.9. The minimum atomic E-state index is -4.59. The number of carbonyl (C=O) groups excluding carboxylic acids is 2. The smallest absolute Gasteiger partial charge is 0.432 e. The maximum atomic E-state index is 11.9. The van der Waals surface area contributed by atoms with Crippen molar-refractivity contribution in [2.45, 2.75) is 53.1 Å². The summed E-state index contributed by atoms with van der Waals surface area (Å²) in [4.78, 5) is 32.3. The van der Waals surface area contributed by atoms with Gasteiger partial charge in [0, 0.05) is 25.0 Å². The van der Waals surface area contributed by atoms with E-state index in [1.165, 1.54) is 12.2 Å². The van der Waals surface area contributed by atoms with Crippen molar-refractivity contribution in [3.63, 3.8) is 0 Å². The standard InChI is InChI=1S/C14H23O8P/c1-5-9-11(15)19-13(7-3)21-23(17,18)22-14(8-4)20-12(16)10-6-2/h5-6,9-10,13-14H,7-8H2,1-4H3,(H,17,18)/b9-5+,10-6+. The molecule has 0 rings (SSSR count). The monoisotopic (exact) mass is 350 g/mol. The van der Waals surface area contributed by atoms with Gasteiger partial charge in [-0.1, -0.05) is 26.0 Å². The molecule has 0 aliphatic heterocycles. The summed E-state index contributed by atoms with van der Waals surface area (Å²) in [7, 11) is -4.59. The SMILES string of the molecule is C/C=C/C(=O)OC(CC)OP(=O)(O)OC(CC)OC(=O)/C=C/C. The van der Waals surface area contributed by atoms with Crippen molar-refractivity contribution in [3.8, 4) is 0 Å². The van der Waals surface area contributed by atoms with E-state index in [1.54, 1.807) is 27.7 Å². The molecule has 0 aliphatic carbocycles. The highest BCUT2D eigenvalue weighted by Gasteiger charge is 2.32. The predicted molar refractivity (Wildman–Crippen MR) is 82.0 cm³/mol. The Kier molecular flexibility index (Phi) is 10.4. The number of allylic oxidation sites excluding steroid dienone is 2. The van der Waals surface area contributed by atoms with Crippen LogP contribution in [0.5, 0.6) is 0 Å². The van der Waals surface area contributed by atoms with Gasteiger partial charge in [0.05, 0.1) is 0 Å². The second kappa shape index (κ2) is 11.1. The molecule has 0 spiro atoms. The fourth-order valence-electron chi connectivity index (χ4n) is 1.29. The van der Waals surface area contributed by atoms with Gasteiger partial charge in [-0.3, -0.25) is 0 Å². The third kappa shape index (κ3) is 10.0. The van der Waals surface area contributed by atoms with Gasteiger partial charge in [0.2, 0.25) is 12.6 Å². The summed E-state index contributed by atoms with van der Waals surface area (Å²) in [6.07, 6.45) is 2.93. The van der Waals surface area contributed by atoms with Gasteiger partial charge in [-0.05, 0) is 13.8 Å². The molecule has 0 saturated heterocycles. The molecule has 1 N–H and O–H groups in total. The van der Waals surface area contributed by atoms with E-state index in [0.29, 0.717) is 0 Å². The average Bonchev–Trinajstić information content (AvgIpc) is 2.45. The first kappa shape index (κ1) is 21.5. The molecule has 9 heteroatoms. The van der Waals surface area contributed by atoms with Gasteiger partial charge in [0.15, 0.2) is 0 Å². The van der Waals surface area contributed by atoms with Crippen LogP contribution in [0.3, 0.4) is 0 Å². The van der Waals surface area contributed by atoms with Crippen LogP contribution in [0.15, 0.2) is 24.3 Å². The second-order valence-electron chi connectivity index (χ2n) is 4.23. The molecular formula is C14H23O8P. The van der Waals surface area contributed by atoms with Crippen LogP contribution in [0.4, 0.5) is 0 Å².